The fourth-order valence-electron chi connectivity index (χ4n) is 8.40. The van der Waals surface area contributed by atoms with Gasteiger partial charge in [0, 0.05) is 26.8 Å². The van der Waals surface area contributed by atoms with Gasteiger partial charge >= 0.3 is 4.87 Å². The van der Waals surface area contributed by atoms with Crippen LogP contribution in [-0.4, -0.2) is 41.8 Å². The molecule has 1 N–H and O–H groups in total. The number of halogens is 2. The lowest BCUT2D eigenvalue weighted by Crippen LogP contribution is -2.43. The fraction of sp³-hybridized carbons (Fsp3) is 0.314. The SMILES string of the molecule is COc1ccc(C2c3sc(=O)n(CC(=O)Nc4ccc(F)cc4)c3SC3C4CC(C5C(=O)N(c6ccc(Cl)cc6)C(=O)C45)C23)cc1OC. The largest absolute Gasteiger partial charge is 0.493 e. The van der Waals surface area contributed by atoms with E-state index in [0.29, 0.717) is 32.9 Å². The minimum absolute atomic E-state index is 0.0479. The predicted molar refractivity (Wildman–Crippen MR) is 181 cm³/mol. The second kappa shape index (κ2) is 11.8. The zero-order valence-electron chi connectivity index (χ0n) is 25.7. The van der Waals surface area contributed by atoms with Gasteiger partial charge in [-0.05, 0) is 90.4 Å². The van der Waals surface area contributed by atoms with Crippen LogP contribution >= 0.6 is 34.7 Å². The molecule has 2 aliphatic heterocycles. The number of amides is 3. The van der Waals surface area contributed by atoms with Crippen LogP contribution in [0.3, 0.4) is 0 Å². The third kappa shape index (κ3) is 4.79. The number of ether oxygens (including phenoxy) is 2. The van der Waals surface area contributed by atoms with Gasteiger partial charge in [0.25, 0.3) is 0 Å². The van der Waals surface area contributed by atoms with Crippen molar-refractivity contribution in [3.8, 4) is 11.5 Å². The molecule has 1 saturated heterocycles. The summed E-state index contributed by atoms with van der Waals surface area (Å²) >= 11 is 8.76. The Kier molecular flexibility index (Phi) is 7.65. The van der Waals surface area contributed by atoms with Crippen LogP contribution in [0.1, 0.15) is 22.8 Å². The van der Waals surface area contributed by atoms with E-state index in [0.717, 1.165) is 28.2 Å². The van der Waals surface area contributed by atoms with Gasteiger partial charge in [-0.3, -0.25) is 28.6 Å². The third-order valence-corrected chi connectivity index (χ3v) is 13.3. The van der Waals surface area contributed by atoms with Gasteiger partial charge in [-0.15, -0.1) is 11.8 Å². The van der Waals surface area contributed by atoms with E-state index >= 15 is 0 Å². The summed E-state index contributed by atoms with van der Waals surface area (Å²) in [6.07, 6.45) is 0.720. The van der Waals surface area contributed by atoms with Crippen molar-refractivity contribution in [1.29, 1.82) is 0 Å². The third-order valence-electron chi connectivity index (χ3n) is 10.2. The number of hydrogen-bond acceptors (Lipinski definition) is 8. The molecule has 8 rings (SSSR count). The Labute approximate surface area is 288 Å². The number of fused-ring (bicyclic) bond motifs is 9. The second-order valence-corrected chi connectivity index (χ2v) is 15.1. The van der Waals surface area contributed by atoms with Crippen LogP contribution in [0.5, 0.6) is 11.5 Å². The van der Waals surface area contributed by atoms with Gasteiger partial charge in [0.2, 0.25) is 17.7 Å². The topological polar surface area (TPSA) is 107 Å². The van der Waals surface area contributed by atoms with Crippen molar-refractivity contribution in [3.05, 3.63) is 97.7 Å². The number of nitrogens with one attached hydrogen (secondary N) is 1. The van der Waals surface area contributed by atoms with Crippen molar-refractivity contribution < 1.29 is 28.2 Å². The maximum absolute atomic E-state index is 14.1. The minimum atomic E-state index is -0.472. The van der Waals surface area contributed by atoms with Crippen LogP contribution in [0.2, 0.25) is 5.02 Å². The molecule has 3 fully saturated rings. The maximum atomic E-state index is 14.1. The van der Waals surface area contributed by atoms with Crippen LogP contribution < -0.4 is 24.6 Å². The van der Waals surface area contributed by atoms with Crippen LogP contribution in [0.4, 0.5) is 15.8 Å². The first-order valence-corrected chi connectivity index (χ1v) is 17.6. The van der Waals surface area contributed by atoms with Gasteiger partial charge in [0.05, 0.1) is 36.8 Å². The van der Waals surface area contributed by atoms with E-state index in [4.69, 9.17) is 21.1 Å². The molecule has 2 aliphatic carbocycles. The summed E-state index contributed by atoms with van der Waals surface area (Å²) in [6.45, 7) is -0.229. The highest BCUT2D eigenvalue weighted by Crippen LogP contribution is 2.69. The lowest BCUT2D eigenvalue weighted by atomic mass is 9.68. The minimum Gasteiger partial charge on any atom is -0.493 e. The number of thioether (sulfide) groups is 1. The van der Waals surface area contributed by atoms with Gasteiger partial charge in [0.1, 0.15) is 12.4 Å². The smallest absolute Gasteiger partial charge is 0.308 e. The van der Waals surface area contributed by atoms with Gasteiger partial charge in [-0.2, -0.15) is 0 Å². The molecule has 4 aliphatic rings. The number of anilines is 2. The molecule has 7 atom stereocenters. The highest BCUT2D eigenvalue weighted by Gasteiger charge is 2.70. The maximum Gasteiger partial charge on any atom is 0.308 e. The number of imide groups is 1. The summed E-state index contributed by atoms with van der Waals surface area (Å²) < 4.78 is 26.1. The highest BCUT2D eigenvalue weighted by molar-refractivity contribution is 8.00. The molecule has 1 aromatic heterocycles. The second-order valence-electron chi connectivity index (χ2n) is 12.5. The molecule has 48 heavy (non-hydrogen) atoms. The average Bonchev–Trinajstić information content (AvgIpc) is 3.80. The first-order valence-electron chi connectivity index (χ1n) is 15.5. The molecule has 4 aromatic rings. The molecule has 246 valence electrons. The summed E-state index contributed by atoms with van der Waals surface area (Å²) in [5.41, 5.74) is 1.84. The molecule has 0 radical (unpaired) electrons. The number of methoxy groups -OCH3 is 2. The number of hydrogen-bond donors (Lipinski definition) is 1. The van der Waals surface area contributed by atoms with Crippen molar-refractivity contribution in [2.75, 3.05) is 24.4 Å². The van der Waals surface area contributed by atoms with Crippen molar-refractivity contribution in [2.45, 2.75) is 29.2 Å². The number of carbonyl (C=O) groups excluding carboxylic acids is 3. The number of aromatic nitrogens is 1. The molecule has 0 spiro atoms. The Morgan fingerprint density at radius 1 is 0.938 bits per heavy atom. The molecule has 3 amide bonds. The van der Waals surface area contributed by atoms with Gasteiger partial charge in [0.15, 0.2) is 11.5 Å². The van der Waals surface area contributed by atoms with E-state index in [1.165, 1.54) is 33.7 Å². The quantitative estimate of drug-likeness (QED) is 0.234. The zero-order valence-corrected chi connectivity index (χ0v) is 28.1. The highest BCUT2D eigenvalue weighted by atomic mass is 35.5. The Bertz CT molecular complexity index is 2030. The summed E-state index contributed by atoms with van der Waals surface area (Å²) in [5.74, 6) is -1.59. The van der Waals surface area contributed by atoms with Crippen molar-refractivity contribution in [1.82, 2.24) is 4.57 Å². The lowest BCUT2D eigenvalue weighted by molar-refractivity contribution is -0.123. The van der Waals surface area contributed by atoms with Crippen molar-refractivity contribution in [3.63, 3.8) is 0 Å². The first kappa shape index (κ1) is 31.2. The molecule has 7 unspecified atom stereocenters. The summed E-state index contributed by atoms with van der Waals surface area (Å²) in [6, 6.07) is 17.9. The first-order chi connectivity index (χ1) is 23.2. The average molecular weight is 706 g/mol. The van der Waals surface area contributed by atoms with E-state index in [2.05, 4.69) is 5.32 Å². The molecule has 13 heteroatoms. The zero-order chi connectivity index (χ0) is 33.4. The molecule has 9 nitrogen and oxygen atoms in total. The van der Waals surface area contributed by atoms with Gasteiger partial charge in [-0.25, -0.2) is 4.39 Å². The lowest BCUT2D eigenvalue weighted by Gasteiger charge is -2.43. The number of rotatable bonds is 7. The molecule has 2 bridgehead atoms. The van der Waals surface area contributed by atoms with Crippen molar-refractivity contribution in [2.24, 2.45) is 29.6 Å². The monoisotopic (exact) mass is 705 g/mol. The molecular formula is C35H29ClFN3O6S2. The summed E-state index contributed by atoms with van der Waals surface area (Å²) in [5, 5.41) is 3.88. The van der Waals surface area contributed by atoms with Crippen LogP contribution in [-0.2, 0) is 20.9 Å². The van der Waals surface area contributed by atoms with E-state index in [1.807, 2.05) is 18.2 Å². The van der Waals surface area contributed by atoms with E-state index in [-0.39, 0.29) is 52.2 Å². The Balaban J connectivity index is 1.20. The summed E-state index contributed by atoms with van der Waals surface area (Å²) in [7, 11) is 3.13. The number of nitrogens with zero attached hydrogens (tertiary/aromatic N) is 2. The normalized spacial score (nSPS) is 26.7. The van der Waals surface area contributed by atoms with Crippen LogP contribution in [0.25, 0.3) is 0 Å². The molecule has 3 aromatic carbocycles. The van der Waals surface area contributed by atoms with Gasteiger partial charge < -0.3 is 14.8 Å². The predicted octanol–water partition coefficient (Wildman–Crippen LogP) is 6.04. The van der Waals surface area contributed by atoms with Crippen molar-refractivity contribution >= 4 is 63.8 Å². The molecule has 2 saturated carbocycles. The standard InChI is InChI=1S/C35H29ClFN3O6S2/c1-45-23-12-3-16(13-24(23)46-2)26-27-21-14-22(29-28(21)32(42)40(33(29)43)20-10-4-17(36)5-11-20)30(27)47-34-31(26)48-35(44)39(34)15-25(41)38-19-8-6-18(37)7-9-19/h3-13,21-22,26-30H,14-15H2,1-2H3,(H,38,41). The van der Waals surface area contributed by atoms with E-state index in [1.54, 1.807) is 50.2 Å². The Morgan fingerprint density at radius 3 is 2.31 bits per heavy atom. The molecular weight excluding hydrogens is 677 g/mol. The Morgan fingerprint density at radius 2 is 1.62 bits per heavy atom. The summed E-state index contributed by atoms with van der Waals surface area (Å²) in [4.78, 5) is 56.8. The van der Waals surface area contributed by atoms with Crippen LogP contribution in [0, 0.1) is 35.4 Å². The number of thiazole rings is 1. The molecule has 3 heterocycles. The Hall–Kier alpha value is -4.13. The fourth-order valence-corrected chi connectivity index (χ4v) is 11.7. The number of benzene rings is 3. The number of carbonyl (C=O) groups is 3. The van der Waals surface area contributed by atoms with Gasteiger partial charge in [-0.1, -0.05) is 29.0 Å². The van der Waals surface area contributed by atoms with Crippen LogP contribution in [0.15, 0.2) is 76.6 Å². The van der Waals surface area contributed by atoms with E-state index < -0.39 is 23.6 Å². The van der Waals surface area contributed by atoms with E-state index in [9.17, 15) is 23.6 Å².